The molecular formula is C24H33ClN6O. The first-order valence-electron chi connectivity index (χ1n) is 11.6. The summed E-state index contributed by atoms with van der Waals surface area (Å²) in [5.74, 6) is 0.254. The van der Waals surface area contributed by atoms with Gasteiger partial charge in [0.1, 0.15) is 0 Å². The van der Waals surface area contributed by atoms with Crippen molar-refractivity contribution in [2.24, 2.45) is 5.73 Å². The molecule has 1 aromatic carbocycles. The summed E-state index contributed by atoms with van der Waals surface area (Å²) < 4.78 is 0. The second-order valence-electron chi connectivity index (χ2n) is 8.97. The van der Waals surface area contributed by atoms with Crippen LogP contribution in [0, 0.1) is 0 Å². The average Bonchev–Trinajstić information content (AvgIpc) is 2.80. The van der Waals surface area contributed by atoms with Crippen molar-refractivity contribution in [3.05, 3.63) is 46.4 Å². The molecule has 0 bridgehead atoms. The second-order valence-corrected chi connectivity index (χ2v) is 9.33. The molecule has 2 saturated heterocycles. The third kappa shape index (κ3) is 5.22. The molecule has 7 nitrogen and oxygen atoms in total. The first-order chi connectivity index (χ1) is 15.4. The van der Waals surface area contributed by atoms with Crippen molar-refractivity contribution >= 4 is 29.0 Å². The van der Waals surface area contributed by atoms with E-state index in [9.17, 15) is 4.79 Å². The normalized spacial score (nSPS) is 19.2. The van der Waals surface area contributed by atoms with Crippen LogP contribution in [0.3, 0.4) is 0 Å². The van der Waals surface area contributed by atoms with Gasteiger partial charge in [0.2, 0.25) is 0 Å². The highest BCUT2D eigenvalue weighted by molar-refractivity contribution is 6.30. The number of nitrogens with one attached hydrogen (secondary N) is 1. The Labute approximate surface area is 195 Å². The van der Waals surface area contributed by atoms with Crippen LogP contribution in [0.5, 0.6) is 0 Å². The number of anilines is 2. The number of carbonyl (C=O) groups excluding carboxylic acids is 1. The lowest BCUT2D eigenvalue weighted by atomic mass is 9.88. The van der Waals surface area contributed by atoms with Crippen molar-refractivity contribution in [1.29, 1.82) is 0 Å². The van der Waals surface area contributed by atoms with Gasteiger partial charge in [0.25, 0.3) is 5.91 Å². The molecule has 0 radical (unpaired) electrons. The molecule has 1 amide bonds. The van der Waals surface area contributed by atoms with Gasteiger partial charge in [-0.05, 0) is 88.9 Å². The number of piperidine rings is 2. The molecule has 2 aliphatic heterocycles. The third-order valence-electron chi connectivity index (χ3n) is 6.87. The zero-order valence-corrected chi connectivity index (χ0v) is 19.7. The van der Waals surface area contributed by atoms with Gasteiger partial charge < -0.3 is 20.9 Å². The van der Waals surface area contributed by atoms with Crippen LogP contribution in [-0.2, 0) is 6.42 Å². The Hall–Kier alpha value is -2.22. The summed E-state index contributed by atoms with van der Waals surface area (Å²) in [7, 11) is 2.22. The average molecular weight is 457 g/mol. The maximum Gasteiger partial charge on any atom is 0.271 e. The van der Waals surface area contributed by atoms with Gasteiger partial charge >= 0.3 is 0 Å². The zero-order chi connectivity index (χ0) is 22.7. The number of amides is 1. The van der Waals surface area contributed by atoms with Crippen molar-refractivity contribution in [3.8, 4) is 0 Å². The summed E-state index contributed by atoms with van der Waals surface area (Å²) in [5.41, 5.74) is 8.36. The summed E-state index contributed by atoms with van der Waals surface area (Å²) in [6.45, 7) is 6.70. The number of nitrogens with two attached hydrogens (primary N) is 1. The Balaban J connectivity index is 1.38. The highest BCUT2D eigenvalue weighted by Crippen LogP contribution is 2.32. The maximum atomic E-state index is 11.8. The zero-order valence-electron chi connectivity index (χ0n) is 19.0. The minimum atomic E-state index is -0.626. The molecule has 8 heteroatoms. The molecule has 3 heterocycles. The number of benzene rings is 1. The predicted octanol–water partition coefficient (Wildman–Crippen LogP) is 3.81. The topological polar surface area (TPSA) is 87.4 Å². The number of carbonyl (C=O) groups is 1. The van der Waals surface area contributed by atoms with E-state index in [1.54, 1.807) is 0 Å². The first-order valence-corrected chi connectivity index (χ1v) is 12.0. The number of hydrogen-bond acceptors (Lipinski definition) is 6. The number of primary amides is 1. The van der Waals surface area contributed by atoms with E-state index in [1.165, 1.54) is 57.4 Å². The van der Waals surface area contributed by atoms with E-state index >= 15 is 0 Å². The molecule has 32 heavy (non-hydrogen) atoms. The van der Waals surface area contributed by atoms with Gasteiger partial charge in [0.15, 0.2) is 16.7 Å². The van der Waals surface area contributed by atoms with Crippen LogP contribution in [-0.4, -0.2) is 64.9 Å². The summed E-state index contributed by atoms with van der Waals surface area (Å²) in [6.07, 6.45) is 5.56. The van der Waals surface area contributed by atoms with E-state index in [1.807, 2.05) is 19.1 Å². The van der Waals surface area contributed by atoms with Crippen LogP contribution < -0.4 is 11.1 Å². The monoisotopic (exact) mass is 456 g/mol. The number of likely N-dealkylation sites (tertiary alicyclic amines) is 2. The Bertz CT molecular complexity index is 934. The van der Waals surface area contributed by atoms with Gasteiger partial charge in [-0.3, -0.25) is 4.79 Å². The molecule has 3 N–H and O–H groups in total. The van der Waals surface area contributed by atoms with Crippen LogP contribution in [0.25, 0.3) is 0 Å². The second kappa shape index (κ2) is 10.1. The smallest absolute Gasteiger partial charge is 0.271 e. The summed E-state index contributed by atoms with van der Waals surface area (Å²) in [6, 6.07) is 9.12. The molecular weight excluding hydrogens is 424 g/mol. The maximum absolute atomic E-state index is 11.8. The van der Waals surface area contributed by atoms with Crippen molar-refractivity contribution in [3.63, 3.8) is 0 Å². The lowest BCUT2D eigenvalue weighted by Gasteiger charge is -2.41. The molecule has 2 aliphatic rings. The summed E-state index contributed by atoms with van der Waals surface area (Å²) in [5, 5.41) is 3.44. The van der Waals surface area contributed by atoms with E-state index in [0.29, 0.717) is 23.9 Å². The number of rotatable bonds is 6. The van der Waals surface area contributed by atoms with Crippen LogP contribution in [0.4, 0.5) is 11.5 Å². The molecule has 2 fully saturated rings. The summed E-state index contributed by atoms with van der Waals surface area (Å²) in [4.78, 5) is 25.6. The van der Waals surface area contributed by atoms with Gasteiger partial charge in [0.05, 0.1) is 5.69 Å². The van der Waals surface area contributed by atoms with Crippen LogP contribution in [0.15, 0.2) is 24.3 Å². The van der Waals surface area contributed by atoms with E-state index in [-0.39, 0.29) is 10.8 Å². The van der Waals surface area contributed by atoms with E-state index < -0.39 is 5.91 Å². The lowest BCUT2D eigenvalue weighted by Crippen LogP contribution is -2.46. The van der Waals surface area contributed by atoms with Gasteiger partial charge in [-0.2, -0.15) is 0 Å². The van der Waals surface area contributed by atoms with Gasteiger partial charge in [0, 0.05) is 11.7 Å². The SMILES string of the molecule is CCc1nc(C(N)=O)c(Nc2ccc(C3CCN(C4CCN(C)CC4)CC3)cc2)nc1Cl. The lowest BCUT2D eigenvalue weighted by molar-refractivity contribution is 0.0966. The van der Waals surface area contributed by atoms with E-state index in [2.05, 4.69) is 44.3 Å². The highest BCUT2D eigenvalue weighted by Gasteiger charge is 2.28. The fourth-order valence-corrected chi connectivity index (χ4v) is 5.13. The van der Waals surface area contributed by atoms with Gasteiger partial charge in [-0.15, -0.1) is 0 Å². The van der Waals surface area contributed by atoms with E-state index in [0.717, 1.165) is 11.7 Å². The Kier molecular flexibility index (Phi) is 7.28. The minimum absolute atomic E-state index is 0.108. The van der Waals surface area contributed by atoms with Crippen molar-refractivity contribution in [1.82, 2.24) is 19.8 Å². The molecule has 0 aliphatic carbocycles. The first kappa shape index (κ1) is 23.0. The molecule has 0 atom stereocenters. The van der Waals surface area contributed by atoms with Crippen LogP contribution >= 0.6 is 11.6 Å². The number of halogens is 1. The Morgan fingerprint density at radius 2 is 1.75 bits per heavy atom. The third-order valence-corrected chi connectivity index (χ3v) is 7.17. The van der Waals surface area contributed by atoms with Crippen molar-refractivity contribution in [2.45, 2.75) is 51.0 Å². The van der Waals surface area contributed by atoms with E-state index in [4.69, 9.17) is 17.3 Å². The highest BCUT2D eigenvalue weighted by atomic mass is 35.5. The van der Waals surface area contributed by atoms with Crippen molar-refractivity contribution < 1.29 is 4.79 Å². The number of hydrogen-bond donors (Lipinski definition) is 2. The predicted molar refractivity (Wildman–Crippen MR) is 129 cm³/mol. The molecule has 0 unspecified atom stereocenters. The molecule has 4 rings (SSSR count). The van der Waals surface area contributed by atoms with Crippen LogP contribution in [0.1, 0.15) is 60.3 Å². The van der Waals surface area contributed by atoms with Crippen LogP contribution in [0.2, 0.25) is 5.15 Å². The summed E-state index contributed by atoms with van der Waals surface area (Å²) >= 11 is 6.20. The molecule has 0 spiro atoms. The number of nitrogens with zero attached hydrogens (tertiary/aromatic N) is 4. The van der Waals surface area contributed by atoms with Gasteiger partial charge in [-0.25, -0.2) is 9.97 Å². The minimum Gasteiger partial charge on any atom is -0.364 e. The van der Waals surface area contributed by atoms with Gasteiger partial charge in [-0.1, -0.05) is 30.7 Å². The largest absolute Gasteiger partial charge is 0.364 e. The number of aromatic nitrogens is 2. The molecule has 172 valence electrons. The Morgan fingerprint density at radius 3 is 2.34 bits per heavy atom. The molecule has 2 aromatic rings. The standard InChI is InChI=1S/C24H33ClN6O/c1-3-20-22(25)29-24(21(28-20)23(26)32)27-18-6-4-16(5-7-18)17-8-14-31(15-9-17)19-10-12-30(2)13-11-19/h4-7,17,19H,3,8-15H2,1-2H3,(H2,26,32)(H,27,29). The quantitative estimate of drug-likeness (QED) is 0.687. The molecule has 1 aromatic heterocycles. The molecule has 0 saturated carbocycles. The van der Waals surface area contributed by atoms with Crippen molar-refractivity contribution in [2.75, 3.05) is 38.5 Å². The Morgan fingerprint density at radius 1 is 1.09 bits per heavy atom. The fraction of sp³-hybridized carbons (Fsp3) is 0.542. The number of aryl methyl sites for hydroxylation is 1. The fourth-order valence-electron chi connectivity index (χ4n) is 4.87.